The van der Waals surface area contributed by atoms with Crippen molar-refractivity contribution in [3.63, 3.8) is 0 Å². The van der Waals surface area contributed by atoms with Crippen LogP contribution >= 0.6 is 0 Å². The van der Waals surface area contributed by atoms with Gasteiger partial charge in [-0.15, -0.1) is 0 Å². The van der Waals surface area contributed by atoms with E-state index in [1.54, 1.807) is 37.2 Å². The van der Waals surface area contributed by atoms with Gasteiger partial charge in [0.2, 0.25) is 5.91 Å². The average Bonchev–Trinajstić information content (AvgIpc) is 3.49. The fraction of sp³-hybridized carbons (Fsp3) is 0.125. The monoisotopic (exact) mass is 780 g/mol. The maximum atomic E-state index is 11.9. The van der Waals surface area contributed by atoms with Gasteiger partial charge in [-0.1, -0.05) is 25.6 Å². The van der Waals surface area contributed by atoms with Crippen molar-refractivity contribution < 1.29 is 33.9 Å². The maximum Gasteiger partial charge on any atom is 0.254 e. The Kier molecular flexibility index (Phi) is 16.4. The summed E-state index contributed by atoms with van der Waals surface area (Å²) in [5.41, 5.74) is 7.54. The molecule has 0 aliphatic carbocycles. The van der Waals surface area contributed by atoms with E-state index in [0.29, 0.717) is 13.0 Å². The van der Waals surface area contributed by atoms with Gasteiger partial charge in [0.05, 0.1) is 28.5 Å². The predicted octanol–water partition coefficient (Wildman–Crippen LogP) is 5.96. The molecule has 11 nitrogen and oxygen atoms in total. The number of nitrogens with zero attached hydrogens (tertiary/aromatic N) is 7. The summed E-state index contributed by atoms with van der Waals surface area (Å²) in [5.74, 6) is -1.30. The fourth-order valence-electron chi connectivity index (χ4n) is 4.66. The second kappa shape index (κ2) is 21.2. The molecule has 0 atom stereocenters. The summed E-state index contributed by atoms with van der Waals surface area (Å²) in [5, 5.41) is 2.72. The van der Waals surface area contributed by atoms with Gasteiger partial charge in [-0.05, 0) is 97.3 Å². The van der Waals surface area contributed by atoms with Gasteiger partial charge in [-0.3, -0.25) is 49.2 Å². The van der Waals surface area contributed by atoms with Crippen molar-refractivity contribution in [3.8, 4) is 34.0 Å². The van der Waals surface area contributed by atoms with E-state index in [9.17, 15) is 14.4 Å². The van der Waals surface area contributed by atoms with E-state index in [1.807, 2.05) is 104 Å². The first-order valence-electron chi connectivity index (χ1n) is 15.8. The molecule has 7 heterocycles. The molecule has 0 radical (unpaired) electrons. The minimum absolute atomic E-state index is 0. The summed E-state index contributed by atoms with van der Waals surface area (Å²) in [6, 6.07) is 29.0. The molecule has 6 aromatic rings. The first-order chi connectivity index (χ1) is 24.5. The zero-order valence-corrected chi connectivity index (χ0v) is 29.4. The summed E-state index contributed by atoms with van der Waals surface area (Å²) < 4.78 is 0. The molecule has 1 aliphatic rings. The molecule has 52 heavy (non-hydrogen) atoms. The molecule has 0 fully saturated rings. The molecule has 0 aromatic carbocycles. The third-order valence-corrected chi connectivity index (χ3v) is 7.15. The van der Waals surface area contributed by atoms with E-state index >= 15 is 0 Å². The van der Waals surface area contributed by atoms with Gasteiger partial charge in [0.15, 0.2) is 0 Å². The quantitative estimate of drug-likeness (QED) is 0.146. The fourth-order valence-corrected chi connectivity index (χ4v) is 4.66. The summed E-state index contributed by atoms with van der Waals surface area (Å²) in [4.78, 5) is 60.9. The molecular formula is C40H38N8O3Ru. The SMILES string of the molecule is C.Cc1ccnc(-c2cc(CCNC(=O)CN3C(=O)C=CC3=O)ccn2)c1.[Ru].c1ccc(-c2ccccn2)nc1.c1ccc(-c2cccnc2)nc1. The number of aryl methyl sites for hydroxylation is 1. The van der Waals surface area contributed by atoms with E-state index in [0.717, 1.165) is 62.2 Å². The van der Waals surface area contributed by atoms with E-state index in [2.05, 4.69) is 35.2 Å². The maximum absolute atomic E-state index is 11.9. The van der Waals surface area contributed by atoms with Crippen molar-refractivity contribution in [2.24, 2.45) is 0 Å². The second-order valence-corrected chi connectivity index (χ2v) is 10.9. The summed E-state index contributed by atoms with van der Waals surface area (Å²) in [6.45, 7) is 2.13. The van der Waals surface area contributed by atoms with Crippen LogP contribution in [-0.4, -0.2) is 65.6 Å². The molecule has 1 N–H and O–H groups in total. The Morgan fingerprint density at radius 1 is 0.635 bits per heavy atom. The minimum Gasteiger partial charge on any atom is -0.354 e. The van der Waals surface area contributed by atoms with E-state index in [1.165, 1.54) is 0 Å². The van der Waals surface area contributed by atoms with Crippen LogP contribution in [0.25, 0.3) is 34.0 Å². The Hall–Kier alpha value is -6.13. The second-order valence-electron chi connectivity index (χ2n) is 10.9. The number of aromatic nitrogens is 6. The summed E-state index contributed by atoms with van der Waals surface area (Å²) in [6.07, 6.45) is 15.3. The summed E-state index contributed by atoms with van der Waals surface area (Å²) in [7, 11) is 0. The molecular weight excluding hydrogens is 742 g/mol. The van der Waals surface area contributed by atoms with Gasteiger partial charge in [0.25, 0.3) is 11.8 Å². The molecule has 0 bridgehead atoms. The standard InChI is InChI=1S/C19H18N4O3.2C10H8N2.CH4.Ru/c1-13-4-7-20-15(10-13)16-11-14(5-8-21-16)6-9-22-17(24)12-23-18(25)2-3-19(23)26;1-3-7-11-9(5-1)10-6-2-4-8-12-10;1-2-7-12-10(5-1)9-4-3-6-11-8-9;;/h2-5,7-8,10-11H,6,9,12H2,1H3,(H,22,24);2*1-8H;1H4;. The number of imide groups is 1. The van der Waals surface area contributed by atoms with Crippen molar-refractivity contribution in [2.45, 2.75) is 20.8 Å². The van der Waals surface area contributed by atoms with Crippen LogP contribution < -0.4 is 5.32 Å². The Labute approximate surface area is 316 Å². The molecule has 0 saturated carbocycles. The number of hydrogen-bond acceptors (Lipinski definition) is 9. The minimum atomic E-state index is -0.463. The molecule has 0 saturated heterocycles. The molecule has 3 amide bonds. The zero-order chi connectivity index (χ0) is 35.0. The molecule has 0 spiro atoms. The predicted molar refractivity (Wildman–Crippen MR) is 196 cm³/mol. The molecule has 264 valence electrons. The van der Waals surface area contributed by atoms with Crippen LogP contribution in [0.3, 0.4) is 0 Å². The molecule has 1 aliphatic heterocycles. The third-order valence-electron chi connectivity index (χ3n) is 7.15. The number of nitrogens with one attached hydrogen (secondary N) is 1. The van der Waals surface area contributed by atoms with Crippen molar-refractivity contribution in [3.05, 3.63) is 158 Å². The van der Waals surface area contributed by atoms with E-state index in [4.69, 9.17) is 0 Å². The molecule has 0 unspecified atom stereocenters. The number of rotatable bonds is 8. The number of hydrogen-bond donors (Lipinski definition) is 1. The van der Waals surface area contributed by atoms with Crippen LogP contribution in [-0.2, 0) is 40.3 Å². The van der Waals surface area contributed by atoms with Gasteiger partial charge in [-0.2, -0.15) is 0 Å². The van der Waals surface area contributed by atoms with Gasteiger partial charge >= 0.3 is 0 Å². The van der Waals surface area contributed by atoms with Crippen LogP contribution in [0.1, 0.15) is 18.6 Å². The van der Waals surface area contributed by atoms with Crippen LogP contribution in [0.2, 0.25) is 0 Å². The van der Waals surface area contributed by atoms with E-state index < -0.39 is 11.8 Å². The number of carbonyl (C=O) groups excluding carboxylic acids is 3. The van der Waals surface area contributed by atoms with Gasteiger partial charge in [0.1, 0.15) is 6.54 Å². The van der Waals surface area contributed by atoms with Gasteiger partial charge < -0.3 is 5.32 Å². The van der Waals surface area contributed by atoms with Gasteiger partial charge in [-0.25, -0.2) is 0 Å². The van der Waals surface area contributed by atoms with Gasteiger partial charge in [0, 0.05) is 87.1 Å². The number of amides is 3. The third kappa shape index (κ3) is 12.3. The Morgan fingerprint density at radius 3 is 1.73 bits per heavy atom. The largest absolute Gasteiger partial charge is 0.354 e. The van der Waals surface area contributed by atoms with Crippen LogP contribution in [0.4, 0.5) is 0 Å². The molecule has 12 heteroatoms. The van der Waals surface area contributed by atoms with Crippen molar-refractivity contribution in [2.75, 3.05) is 13.1 Å². The number of pyridine rings is 6. The zero-order valence-electron chi connectivity index (χ0n) is 27.7. The van der Waals surface area contributed by atoms with Crippen molar-refractivity contribution in [1.82, 2.24) is 40.1 Å². The topological polar surface area (TPSA) is 144 Å². The number of carbonyl (C=O) groups is 3. The normalized spacial score (nSPS) is 11.1. The first-order valence-corrected chi connectivity index (χ1v) is 15.8. The smallest absolute Gasteiger partial charge is 0.254 e. The van der Waals surface area contributed by atoms with Crippen LogP contribution in [0.5, 0.6) is 0 Å². The molecule has 7 rings (SSSR count). The van der Waals surface area contributed by atoms with Crippen molar-refractivity contribution >= 4 is 17.7 Å². The Bertz CT molecular complexity index is 1870. The summed E-state index contributed by atoms with van der Waals surface area (Å²) >= 11 is 0. The Morgan fingerprint density at radius 2 is 1.19 bits per heavy atom. The van der Waals surface area contributed by atoms with Crippen LogP contribution in [0, 0.1) is 6.92 Å². The molecule has 6 aromatic heterocycles. The van der Waals surface area contributed by atoms with Crippen molar-refractivity contribution in [1.29, 1.82) is 0 Å². The Balaban J connectivity index is 0.000000233. The van der Waals surface area contributed by atoms with E-state index in [-0.39, 0.29) is 39.4 Å². The first kappa shape index (κ1) is 40.3. The average molecular weight is 780 g/mol. The van der Waals surface area contributed by atoms with Crippen LogP contribution in [0.15, 0.2) is 147 Å².